The number of likely N-dealkylation sites (tertiary alicyclic amines) is 1. The van der Waals surface area contributed by atoms with Crippen molar-refractivity contribution in [3.8, 4) is 6.07 Å². The number of carbonyl (C=O) groups is 2. The molecule has 1 saturated heterocycles. The maximum absolute atomic E-state index is 12.4. The molecule has 1 aromatic rings. The van der Waals surface area contributed by atoms with E-state index in [4.69, 9.17) is 10.00 Å². The van der Waals surface area contributed by atoms with Crippen molar-refractivity contribution in [3.05, 3.63) is 29.8 Å². The van der Waals surface area contributed by atoms with Gasteiger partial charge in [0.2, 0.25) is 5.91 Å². The Balaban J connectivity index is 2.02. The zero-order valence-corrected chi connectivity index (χ0v) is 13.6. The summed E-state index contributed by atoms with van der Waals surface area (Å²) in [6.45, 7) is 5.91. The molecule has 122 valence electrons. The van der Waals surface area contributed by atoms with Crippen LogP contribution >= 0.6 is 0 Å². The minimum absolute atomic E-state index is 0.238. The molecule has 1 fully saturated rings. The summed E-state index contributed by atoms with van der Waals surface area (Å²) in [7, 11) is 0. The number of ether oxygens (including phenoxy) is 1. The third-order valence-corrected chi connectivity index (χ3v) is 3.46. The number of benzene rings is 1. The van der Waals surface area contributed by atoms with Crippen molar-refractivity contribution in [1.29, 1.82) is 5.26 Å². The smallest absolute Gasteiger partial charge is 0.410 e. The van der Waals surface area contributed by atoms with Gasteiger partial charge in [-0.2, -0.15) is 5.26 Å². The molecule has 1 atom stereocenters. The molecule has 2 rings (SSSR count). The van der Waals surface area contributed by atoms with E-state index in [-0.39, 0.29) is 5.91 Å². The molecule has 0 spiro atoms. The van der Waals surface area contributed by atoms with Gasteiger partial charge in [-0.3, -0.25) is 9.69 Å². The Morgan fingerprint density at radius 3 is 2.52 bits per heavy atom. The summed E-state index contributed by atoms with van der Waals surface area (Å²) in [6.07, 6.45) is 0.918. The molecule has 0 radical (unpaired) electrons. The summed E-state index contributed by atoms with van der Waals surface area (Å²) < 4.78 is 5.35. The predicted molar refractivity (Wildman–Crippen MR) is 85.7 cm³/mol. The molecule has 23 heavy (non-hydrogen) atoms. The van der Waals surface area contributed by atoms with E-state index in [1.165, 1.54) is 4.90 Å². The molecule has 0 aromatic heterocycles. The Morgan fingerprint density at radius 2 is 1.96 bits per heavy atom. The molecule has 2 amide bonds. The molecule has 6 heteroatoms. The maximum Gasteiger partial charge on any atom is 0.410 e. The molecule has 0 aliphatic carbocycles. The molecule has 0 saturated carbocycles. The van der Waals surface area contributed by atoms with Gasteiger partial charge in [-0.1, -0.05) is 0 Å². The summed E-state index contributed by atoms with van der Waals surface area (Å²) in [5.41, 5.74) is 0.540. The van der Waals surface area contributed by atoms with Gasteiger partial charge in [-0.15, -0.1) is 0 Å². The van der Waals surface area contributed by atoms with Crippen molar-refractivity contribution >= 4 is 17.7 Å². The lowest BCUT2D eigenvalue weighted by Gasteiger charge is -2.28. The minimum Gasteiger partial charge on any atom is -0.444 e. The Kier molecular flexibility index (Phi) is 4.89. The van der Waals surface area contributed by atoms with Crippen LogP contribution in [0.4, 0.5) is 10.5 Å². The Hall–Kier alpha value is -2.55. The molecular formula is C17H21N3O3. The second kappa shape index (κ2) is 6.69. The molecule has 1 N–H and O–H groups in total. The van der Waals surface area contributed by atoms with Crippen molar-refractivity contribution in [1.82, 2.24) is 4.90 Å². The van der Waals surface area contributed by atoms with Crippen molar-refractivity contribution in [2.45, 2.75) is 45.3 Å². The Bertz CT molecular complexity index is 626. The summed E-state index contributed by atoms with van der Waals surface area (Å²) in [6, 6.07) is 8.11. The van der Waals surface area contributed by atoms with Gasteiger partial charge in [-0.05, 0) is 57.9 Å². The first-order valence-electron chi connectivity index (χ1n) is 7.61. The molecule has 0 unspecified atom stereocenters. The Morgan fingerprint density at radius 1 is 1.30 bits per heavy atom. The van der Waals surface area contributed by atoms with Crippen molar-refractivity contribution in [2.75, 3.05) is 11.9 Å². The van der Waals surface area contributed by atoms with E-state index in [2.05, 4.69) is 5.32 Å². The second-order valence-corrected chi connectivity index (χ2v) is 6.51. The van der Waals surface area contributed by atoms with Crippen LogP contribution in [-0.4, -0.2) is 35.1 Å². The first-order valence-corrected chi connectivity index (χ1v) is 7.61. The highest BCUT2D eigenvalue weighted by Gasteiger charge is 2.36. The summed E-state index contributed by atoms with van der Waals surface area (Å²) >= 11 is 0. The van der Waals surface area contributed by atoms with Crippen LogP contribution in [0.15, 0.2) is 24.3 Å². The lowest BCUT2D eigenvalue weighted by Crippen LogP contribution is -2.45. The lowest BCUT2D eigenvalue weighted by molar-refractivity contribution is -0.120. The lowest BCUT2D eigenvalue weighted by atomic mass is 10.2. The highest BCUT2D eigenvalue weighted by Crippen LogP contribution is 2.22. The molecular weight excluding hydrogens is 294 g/mol. The number of nitrogens with zero attached hydrogens (tertiary/aromatic N) is 2. The standard InChI is InChI=1S/C17H21N3O3/c1-17(2,3)23-16(22)20-10-4-5-14(20)15(21)19-13-8-6-12(11-18)7-9-13/h6-9,14H,4-5,10H2,1-3H3,(H,19,21)/t14-/m0/s1. The number of carbonyl (C=O) groups excluding carboxylic acids is 2. The van der Waals surface area contributed by atoms with E-state index >= 15 is 0 Å². The van der Waals surface area contributed by atoms with E-state index in [1.54, 1.807) is 45.0 Å². The topological polar surface area (TPSA) is 82.4 Å². The maximum atomic E-state index is 12.4. The van der Waals surface area contributed by atoms with Crippen molar-refractivity contribution < 1.29 is 14.3 Å². The van der Waals surface area contributed by atoms with Gasteiger partial charge >= 0.3 is 6.09 Å². The predicted octanol–water partition coefficient (Wildman–Crippen LogP) is 2.90. The van der Waals surface area contributed by atoms with Gasteiger partial charge in [0.1, 0.15) is 11.6 Å². The SMILES string of the molecule is CC(C)(C)OC(=O)N1CCC[C@H]1C(=O)Nc1ccc(C#N)cc1. The van der Waals surface area contributed by atoms with Crippen LogP contribution in [0.5, 0.6) is 0 Å². The average molecular weight is 315 g/mol. The van der Waals surface area contributed by atoms with Crippen LogP contribution in [0.3, 0.4) is 0 Å². The summed E-state index contributed by atoms with van der Waals surface area (Å²) in [4.78, 5) is 26.1. The minimum atomic E-state index is -0.589. The average Bonchev–Trinajstić information content (AvgIpc) is 2.96. The van der Waals surface area contributed by atoms with Crippen LogP contribution < -0.4 is 5.32 Å². The molecule has 1 heterocycles. The first kappa shape index (κ1) is 16.8. The third-order valence-electron chi connectivity index (χ3n) is 3.46. The normalized spacial score (nSPS) is 17.5. The van der Waals surface area contributed by atoms with Crippen LogP contribution in [0, 0.1) is 11.3 Å². The number of amides is 2. The number of rotatable bonds is 2. The van der Waals surface area contributed by atoms with Crippen LogP contribution in [-0.2, 0) is 9.53 Å². The van der Waals surface area contributed by atoms with Crippen LogP contribution in [0.2, 0.25) is 0 Å². The van der Waals surface area contributed by atoms with E-state index in [0.717, 1.165) is 6.42 Å². The van der Waals surface area contributed by atoms with Gasteiger partial charge < -0.3 is 10.1 Å². The molecule has 6 nitrogen and oxygen atoms in total. The van der Waals surface area contributed by atoms with Gasteiger partial charge in [0, 0.05) is 12.2 Å². The van der Waals surface area contributed by atoms with Crippen LogP contribution in [0.1, 0.15) is 39.2 Å². The van der Waals surface area contributed by atoms with E-state index in [9.17, 15) is 9.59 Å². The largest absolute Gasteiger partial charge is 0.444 e. The quantitative estimate of drug-likeness (QED) is 0.909. The summed E-state index contributed by atoms with van der Waals surface area (Å²) in [5.74, 6) is -0.238. The van der Waals surface area contributed by atoms with Crippen molar-refractivity contribution in [2.24, 2.45) is 0 Å². The fourth-order valence-electron chi connectivity index (χ4n) is 2.43. The Labute approximate surface area is 136 Å². The van der Waals surface area contributed by atoms with Gasteiger partial charge in [0.25, 0.3) is 0 Å². The highest BCUT2D eigenvalue weighted by molar-refractivity contribution is 5.96. The fraction of sp³-hybridized carbons (Fsp3) is 0.471. The van der Waals surface area contributed by atoms with Crippen molar-refractivity contribution in [3.63, 3.8) is 0 Å². The van der Waals surface area contributed by atoms with Gasteiger partial charge in [0.05, 0.1) is 11.6 Å². The highest BCUT2D eigenvalue weighted by atomic mass is 16.6. The first-order chi connectivity index (χ1) is 10.8. The zero-order chi connectivity index (χ0) is 17.0. The molecule has 1 aliphatic heterocycles. The number of hydrogen-bond acceptors (Lipinski definition) is 4. The number of anilines is 1. The number of nitrogens with one attached hydrogen (secondary N) is 1. The molecule has 0 bridgehead atoms. The second-order valence-electron chi connectivity index (χ2n) is 6.51. The van der Waals surface area contributed by atoms with Crippen LogP contribution in [0.25, 0.3) is 0 Å². The van der Waals surface area contributed by atoms with Gasteiger partial charge in [0.15, 0.2) is 0 Å². The van der Waals surface area contributed by atoms with E-state index < -0.39 is 17.7 Å². The monoisotopic (exact) mass is 315 g/mol. The number of nitriles is 1. The van der Waals surface area contributed by atoms with E-state index in [0.29, 0.717) is 24.2 Å². The third kappa shape index (κ3) is 4.46. The van der Waals surface area contributed by atoms with E-state index in [1.807, 2.05) is 6.07 Å². The fourth-order valence-corrected chi connectivity index (χ4v) is 2.43. The molecule has 1 aromatic carbocycles. The zero-order valence-electron chi connectivity index (χ0n) is 13.6. The molecule has 1 aliphatic rings. The number of hydrogen-bond donors (Lipinski definition) is 1. The summed E-state index contributed by atoms with van der Waals surface area (Å²) in [5, 5.41) is 11.6. The van der Waals surface area contributed by atoms with Gasteiger partial charge in [-0.25, -0.2) is 4.79 Å².